The van der Waals surface area contributed by atoms with Crippen LogP contribution in [-0.2, 0) is 6.54 Å². The molecule has 0 radical (unpaired) electrons. The molecule has 1 heterocycles. The first kappa shape index (κ1) is 13.9. The van der Waals surface area contributed by atoms with Crippen LogP contribution in [0.2, 0.25) is 0 Å². The number of nitrogens with zero attached hydrogens (tertiary/aromatic N) is 3. The fourth-order valence-electron chi connectivity index (χ4n) is 2.08. The van der Waals surface area contributed by atoms with Gasteiger partial charge in [-0.2, -0.15) is 17.7 Å². The Morgan fingerprint density at radius 1 is 1.26 bits per heavy atom. The Morgan fingerprint density at radius 3 is 2.79 bits per heavy atom. The fraction of sp³-hybridized carbons (Fsp3) is 0.462. The maximum absolute atomic E-state index is 10.8. The van der Waals surface area contributed by atoms with Gasteiger partial charge in [-0.3, -0.25) is 14.8 Å². The van der Waals surface area contributed by atoms with Gasteiger partial charge in [0.15, 0.2) is 0 Å². The lowest BCUT2D eigenvalue weighted by atomic mass is 10.2. The van der Waals surface area contributed by atoms with Crippen LogP contribution in [0.1, 0.15) is 25.7 Å². The molecule has 0 aliphatic carbocycles. The summed E-state index contributed by atoms with van der Waals surface area (Å²) in [5, 5.41) is 16.0. The molecular weight excluding hydrogens is 262 g/mol. The van der Waals surface area contributed by atoms with Crippen molar-refractivity contribution in [3.8, 4) is 0 Å². The zero-order valence-electron chi connectivity index (χ0n) is 10.7. The van der Waals surface area contributed by atoms with Crippen molar-refractivity contribution in [2.24, 2.45) is 0 Å². The lowest BCUT2D eigenvalue weighted by Crippen LogP contribution is -2.00. The summed E-state index contributed by atoms with van der Waals surface area (Å²) >= 11 is 4.18. The van der Waals surface area contributed by atoms with E-state index in [1.165, 1.54) is 12.5 Å². The molecule has 5 nitrogen and oxygen atoms in total. The Bertz CT molecular complexity index is 568. The van der Waals surface area contributed by atoms with Crippen molar-refractivity contribution in [2.75, 3.05) is 5.75 Å². The molecule has 0 atom stereocenters. The molecule has 0 amide bonds. The van der Waals surface area contributed by atoms with Gasteiger partial charge in [0, 0.05) is 24.1 Å². The summed E-state index contributed by atoms with van der Waals surface area (Å²) in [7, 11) is 0. The van der Waals surface area contributed by atoms with Gasteiger partial charge < -0.3 is 0 Å². The quantitative estimate of drug-likeness (QED) is 0.365. The number of thiol groups is 1. The summed E-state index contributed by atoms with van der Waals surface area (Å²) in [6.07, 6.45) is 6.23. The van der Waals surface area contributed by atoms with Crippen molar-refractivity contribution in [3.63, 3.8) is 0 Å². The van der Waals surface area contributed by atoms with E-state index in [0.717, 1.165) is 42.5 Å². The minimum Gasteiger partial charge on any atom is -0.265 e. The van der Waals surface area contributed by atoms with Crippen molar-refractivity contribution in [1.82, 2.24) is 9.78 Å². The highest BCUT2D eigenvalue weighted by molar-refractivity contribution is 7.80. The predicted molar refractivity (Wildman–Crippen MR) is 78.7 cm³/mol. The average Bonchev–Trinajstić information content (AvgIpc) is 2.81. The van der Waals surface area contributed by atoms with Crippen molar-refractivity contribution in [2.45, 2.75) is 32.2 Å². The maximum Gasteiger partial charge on any atom is 0.271 e. The Hall–Kier alpha value is -1.56. The molecule has 0 fully saturated rings. The second kappa shape index (κ2) is 6.56. The van der Waals surface area contributed by atoms with Gasteiger partial charge in [0.05, 0.1) is 16.6 Å². The van der Waals surface area contributed by atoms with Gasteiger partial charge in [-0.05, 0) is 24.7 Å². The molecule has 2 rings (SSSR count). The molecule has 0 N–H and O–H groups in total. The molecule has 0 unspecified atom stereocenters. The van der Waals surface area contributed by atoms with Crippen molar-refractivity contribution in [3.05, 3.63) is 34.5 Å². The highest BCUT2D eigenvalue weighted by atomic mass is 32.1. The number of hydrogen-bond donors (Lipinski definition) is 1. The van der Waals surface area contributed by atoms with Crippen molar-refractivity contribution >= 4 is 29.2 Å². The van der Waals surface area contributed by atoms with Crippen molar-refractivity contribution < 1.29 is 4.92 Å². The Kier molecular flexibility index (Phi) is 4.79. The second-order valence-electron chi connectivity index (χ2n) is 4.51. The first-order chi connectivity index (χ1) is 9.22. The third kappa shape index (κ3) is 3.47. The number of rotatable bonds is 7. The van der Waals surface area contributed by atoms with Crippen LogP contribution in [0.15, 0.2) is 24.4 Å². The first-order valence-corrected chi connectivity index (χ1v) is 7.06. The van der Waals surface area contributed by atoms with Crippen molar-refractivity contribution in [1.29, 1.82) is 0 Å². The Balaban J connectivity index is 2.06. The largest absolute Gasteiger partial charge is 0.271 e. The van der Waals surface area contributed by atoms with Gasteiger partial charge in [0.1, 0.15) is 0 Å². The van der Waals surface area contributed by atoms with Crippen LogP contribution in [0.4, 0.5) is 5.69 Å². The molecule has 0 saturated carbocycles. The van der Waals surface area contributed by atoms with E-state index in [-0.39, 0.29) is 10.6 Å². The zero-order valence-corrected chi connectivity index (χ0v) is 11.6. The van der Waals surface area contributed by atoms with Gasteiger partial charge in [0.25, 0.3) is 5.69 Å². The number of nitro benzene ring substituents is 1. The molecule has 0 bridgehead atoms. The molecular formula is C13H17N3O2S. The topological polar surface area (TPSA) is 61.0 Å². The summed E-state index contributed by atoms with van der Waals surface area (Å²) in [6.45, 7) is 0.803. The van der Waals surface area contributed by atoms with Crippen LogP contribution in [0, 0.1) is 10.1 Å². The lowest BCUT2D eigenvalue weighted by Gasteiger charge is -2.03. The molecule has 0 saturated heterocycles. The smallest absolute Gasteiger partial charge is 0.265 e. The second-order valence-corrected chi connectivity index (χ2v) is 4.95. The molecule has 102 valence electrons. The van der Waals surface area contributed by atoms with Gasteiger partial charge in [-0.15, -0.1) is 0 Å². The third-order valence-corrected chi connectivity index (χ3v) is 3.43. The van der Waals surface area contributed by atoms with E-state index >= 15 is 0 Å². The van der Waals surface area contributed by atoms with Crippen LogP contribution in [0.5, 0.6) is 0 Å². The monoisotopic (exact) mass is 279 g/mol. The molecule has 0 aliphatic rings. The molecule has 2 aromatic rings. The fourth-order valence-corrected chi connectivity index (χ4v) is 2.30. The minimum absolute atomic E-state index is 0.115. The van der Waals surface area contributed by atoms with Crippen LogP contribution >= 0.6 is 12.6 Å². The predicted octanol–water partition coefficient (Wildman–Crippen LogP) is 3.43. The number of fused-ring (bicyclic) bond motifs is 1. The maximum atomic E-state index is 10.8. The average molecular weight is 279 g/mol. The number of aryl methyl sites for hydroxylation is 1. The number of unbranched alkanes of at least 4 members (excludes halogenated alkanes) is 3. The van der Waals surface area contributed by atoms with E-state index in [1.807, 2.05) is 4.68 Å². The van der Waals surface area contributed by atoms with Crippen LogP contribution < -0.4 is 0 Å². The molecule has 6 heteroatoms. The van der Waals surface area contributed by atoms with Crippen LogP contribution in [0.25, 0.3) is 10.9 Å². The number of aromatic nitrogens is 2. The lowest BCUT2D eigenvalue weighted by molar-refractivity contribution is -0.384. The van der Waals surface area contributed by atoms with E-state index < -0.39 is 0 Å². The zero-order chi connectivity index (χ0) is 13.7. The summed E-state index contributed by atoms with van der Waals surface area (Å²) in [5.41, 5.74) is 0.952. The van der Waals surface area contributed by atoms with Gasteiger partial charge in [-0.1, -0.05) is 12.8 Å². The number of non-ortho nitro benzene ring substituents is 1. The SMILES string of the molecule is O=[N+]([O-])c1ccc2cnn(CCCCCCS)c2c1. The number of hydrogen-bond acceptors (Lipinski definition) is 4. The summed E-state index contributed by atoms with van der Waals surface area (Å²) in [6, 6.07) is 4.86. The molecule has 0 aliphatic heterocycles. The summed E-state index contributed by atoms with van der Waals surface area (Å²) < 4.78 is 1.85. The van der Waals surface area contributed by atoms with E-state index in [4.69, 9.17) is 0 Å². The highest BCUT2D eigenvalue weighted by Gasteiger charge is 2.09. The highest BCUT2D eigenvalue weighted by Crippen LogP contribution is 2.21. The Labute approximate surface area is 117 Å². The van der Waals surface area contributed by atoms with E-state index in [0.29, 0.717) is 0 Å². The number of nitro groups is 1. The molecule has 1 aromatic carbocycles. The van der Waals surface area contributed by atoms with Gasteiger partial charge in [-0.25, -0.2) is 0 Å². The van der Waals surface area contributed by atoms with Crippen LogP contribution in [-0.4, -0.2) is 20.5 Å². The minimum atomic E-state index is -0.372. The first-order valence-electron chi connectivity index (χ1n) is 6.43. The summed E-state index contributed by atoms with van der Waals surface area (Å²) in [4.78, 5) is 10.4. The van der Waals surface area contributed by atoms with E-state index in [1.54, 1.807) is 18.3 Å². The van der Waals surface area contributed by atoms with Gasteiger partial charge >= 0.3 is 0 Å². The Morgan fingerprint density at radius 2 is 2.05 bits per heavy atom. The standard InChI is InChI=1S/C13H17N3O2S/c17-16(18)12-6-5-11-10-14-15(13(11)9-12)7-3-1-2-4-8-19/h5-6,9-10,19H,1-4,7-8H2. The van der Waals surface area contributed by atoms with Gasteiger partial charge in [0.2, 0.25) is 0 Å². The van der Waals surface area contributed by atoms with Crippen LogP contribution in [0.3, 0.4) is 0 Å². The molecule has 0 spiro atoms. The molecule has 19 heavy (non-hydrogen) atoms. The number of benzene rings is 1. The van der Waals surface area contributed by atoms with E-state index in [9.17, 15) is 10.1 Å². The molecule has 1 aromatic heterocycles. The normalized spacial score (nSPS) is 11.0. The summed E-state index contributed by atoms with van der Waals surface area (Å²) in [5.74, 6) is 0.927. The third-order valence-electron chi connectivity index (χ3n) is 3.12. The van der Waals surface area contributed by atoms with E-state index in [2.05, 4.69) is 17.7 Å².